The topological polar surface area (TPSA) is 101 Å². The Morgan fingerprint density at radius 1 is 1.07 bits per heavy atom. The minimum Gasteiger partial charge on any atom is -0.322 e. The first-order valence-corrected chi connectivity index (χ1v) is 10.1. The molecule has 3 fully saturated rings. The van der Waals surface area contributed by atoms with Gasteiger partial charge in [-0.25, -0.2) is 0 Å². The van der Waals surface area contributed by atoms with E-state index in [0.717, 1.165) is 38.8 Å². The zero-order valence-electron chi connectivity index (χ0n) is 15.7. The molecule has 1 aliphatic carbocycles. The summed E-state index contributed by atoms with van der Waals surface area (Å²) >= 11 is 0. The lowest BCUT2D eigenvalue weighted by molar-refractivity contribution is -0.136. The van der Waals surface area contributed by atoms with Crippen LogP contribution >= 0.6 is 0 Å². The molecule has 1 saturated carbocycles. The van der Waals surface area contributed by atoms with Crippen molar-refractivity contribution < 1.29 is 14.4 Å². The number of hydrogen-bond donors (Lipinski definition) is 2. The molecule has 1 aromatic rings. The van der Waals surface area contributed by atoms with Crippen molar-refractivity contribution in [2.75, 3.05) is 13.1 Å². The van der Waals surface area contributed by atoms with Crippen molar-refractivity contribution in [3.8, 4) is 0 Å². The lowest BCUT2D eigenvalue weighted by Gasteiger charge is -2.50. The second kappa shape index (κ2) is 6.27. The third kappa shape index (κ3) is 2.62. The molecule has 0 radical (unpaired) electrons. The first-order valence-electron chi connectivity index (χ1n) is 10.1. The highest BCUT2D eigenvalue weighted by Gasteiger charge is 2.46. The third-order valence-electron chi connectivity index (χ3n) is 7.02. The number of carbonyl (C=O) groups is 3. The van der Waals surface area contributed by atoms with Gasteiger partial charge >= 0.3 is 0 Å². The van der Waals surface area contributed by atoms with E-state index in [1.165, 1.54) is 4.90 Å². The first-order chi connectivity index (χ1) is 13.5. The maximum atomic E-state index is 13.1. The van der Waals surface area contributed by atoms with Gasteiger partial charge in [-0.3, -0.25) is 24.5 Å². The Hall–Kier alpha value is -2.48. The van der Waals surface area contributed by atoms with E-state index >= 15 is 0 Å². The minimum atomic E-state index is -0.688. The number of piperidine rings is 2. The van der Waals surface area contributed by atoms with Gasteiger partial charge in [-0.2, -0.15) is 0 Å². The van der Waals surface area contributed by atoms with Gasteiger partial charge in [-0.05, 0) is 56.7 Å². The Labute approximate surface area is 162 Å². The molecular weight excluding hydrogens is 360 g/mol. The molecule has 5 rings (SSSR count). The molecule has 0 unspecified atom stereocenters. The van der Waals surface area contributed by atoms with E-state index in [2.05, 4.69) is 10.6 Å². The number of aromatic nitrogens is 1. The number of fused-ring (bicyclic) bond motifs is 1. The van der Waals surface area contributed by atoms with Crippen molar-refractivity contribution in [3.63, 3.8) is 0 Å². The van der Waals surface area contributed by atoms with E-state index in [1.54, 1.807) is 16.8 Å². The number of imide groups is 1. The van der Waals surface area contributed by atoms with Crippen LogP contribution < -0.4 is 16.2 Å². The number of nitrogens with zero attached hydrogens (tertiary/aromatic N) is 2. The monoisotopic (exact) mass is 384 g/mol. The molecule has 0 aromatic carbocycles. The molecule has 2 N–H and O–H groups in total. The highest BCUT2D eigenvalue weighted by atomic mass is 16.2. The summed E-state index contributed by atoms with van der Waals surface area (Å²) < 4.78 is 1.79. The predicted molar refractivity (Wildman–Crippen MR) is 99.6 cm³/mol. The molecular formula is C20H24N4O4. The van der Waals surface area contributed by atoms with Gasteiger partial charge in [0.25, 0.3) is 11.5 Å². The van der Waals surface area contributed by atoms with Crippen LogP contribution in [0.2, 0.25) is 0 Å². The van der Waals surface area contributed by atoms with E-state index < -0.39 is 11.9 Å². The molecule has 1 aromatic heterocycles. The summed E-state index contributed by atoms with van der Waals surface area (Å²) in [6.07, 6.45) is 6.59. The molecule has 2 saturated heterocycles. The van der Waals surface area contributed by atoms with Gasteiger partial charge in [-0.15, -0.1) is 0 Å². The summed E-state index contributed by atoms with van der Waals surface area (Å²) in [5, 5.41) is 5.68. The second-order valence-electron chi connectivity index (χ2n) is 8.63. The summed E-state index contributed by atoms with van der Waals surface area (Å²) in [7, 11) is 0. The molecule has 4 aliphatic rings. The van der Waals surface area contributed by atoms with Crippen LogP contribution in [0.3, 0.4) is 0 Å². The Morgan fingerprint density at radius 2 is 1.82 bits per heavy atom. The fraction of sp³-hybridized carbons (Fsp3) is 0.600. The Bertz CT molecular complexity index is 923. The lowest BCUT2D eigenvalue weighted by Crippen LogP contribution is -2.52. The summed E-state index contributed by atoms with van der Waals surface area (Å²) in [5.74, 6) is -1.06. The molecule has 1 spiro atoms. The van der Waals surface area contributed by atoms with Crippen LogP contribution in [0.15, 0.2) is 17.1 Å². The van der Waals surface area contributed by atoms with Gasteiger partial charge in [0.1, 0.15) is 6.04 Å². The average Bonchev–Trinajstić information content (AvgIpc) is 2.99. The van der Waals surface area contributed by atoms with Crippen molar-refractivity contribution in [1.82, 2.24) is 20.1 Å². The van der Waals surface area contributed by atoms with Crippen molar-refractivity contribution in [1.29, 1.82) is 0 Å². The molecule has 1 atom stereocenters. The molecule has 148 valence electrons. The molecule has 4 heterocycles. The molecule has 0 bridgehead atoms. The van der Waals surface area contributed by atoms with E-state index in [1.807, 2.05) is 0 Å². The van der Waals surface area contributed by atoms with Crippen molar-refractivity contribution in [2.45, 2.75) is 57.2 Å². The zero-order chi connectivity index (χ0) is 19.5. The van der Waals surface area contributed by atoms with E-state index in [0.29, 0.717) is 23.0 Å². The lowest BCUT2D eigenvalue weighted by atomic mass is 9.60. The van der Waals surface area contributed by atoms with Gasteiger partial charge in [0.05, 0.1) is 12.1 Å². The summed E-state index contributed by atoms with van der Waals surface area (Å²) in [6.45, 7) is 2.23. The van der Waals surface area contributed by atoms with Gasteiger partial charge in [0, 0.05) is 24.2 Å². The summed E-state index contributed by atoms with van der Waals surface area (Å²) in [6, 6.07) is 1.22. The second-order valence-corrected chi connectivity index (χ2v) is 8.63. The Morgan fingerprint density at radius 3 is 2.54 bits per heavy atom. The molecule has 28 heavy (non-hydrogen) atoms. The Balaban J connectivity index is 1.37. The highest BCUT2D eigenvalue weighted by molar-refractivity contribution is 6.05. The standard InChI is InChI=1S/C20H24N4O4/c25-16-2-1-15(17(26)22-16)24-11-14-13(18(24)27)3-8-23(19(14)28)12-9-20(10-12)4-6-21-7-5-20/h3,8,12,15,21H,1-2,4-7,9-11H2,(H,22,25,26)/t15-/m0/s1. The van der Waals surface area contributed by atoms with Crippen LogP contribution in [-0.4, -0.2) is 46.3 Å². The number of hydrogen-bond acceptors (Lipinski definition) is 5. The predicted octanol–water partition coefficient (Wildman–Crippen LogP) is 0.314. The number of amides is 3. The van der Waals surface area contributed by atoms with Crippen LogP contribution in [0.4, 0.5) is 0 Å². The minimum absolute atomic E-state index is 0.116. The van der Waals surface area contributed by atoms with Crippen molar-refractivity contribution >= 4 is 17.7 Å². The largest absolute Gasteiger partial charge is 0.322 e. The first kappa shape index (κ1) is 17.6. The fourth-order valence-electron chi connectivity index (χ4n) is 5.36. The SMILES string of the molecule is O=C1CC[C@H](N2Cc3c(ccn(C4CC5(CCNCC5)C4)c3=O)C2=O)C(=O)N1. The molecule has 8 nitrogen and oxygen atoms in total. The third-order valence-corrected chi connectivity index (χ3v) is 7.02. The van der Waals surface area contributed by atoms with Gasteiger partial charge < -0.3 is 14.8 Å². The van der Waals surface area contributed by atoms with E-state index in [9.17, 15) is 19.2 Å². The average molecular weight is 384 g/mol. The smallest absolute Gasteiger partial charge is 0.256 e. The fourth-order valence-corrected chi connectivity index (χ4v) is 5.36. The normalized spacial score (nSPS) is 26.9. The van der Waals surface area contributed by atoms with Gasteiger partial charge in [0.2, 0.25) is 11.8 Å². The van der Waals surface area contributed by atoms with Gasteiger partial charge in [0.15, 0.2) is 0 Å². The van der Waals surface area contributed by atoms with Crippen LogP contribution in [0.1, 0.15) is 60.5 Å². The van der Waals surface area contributed by atoms with Crippen LogP contribution in [-0.2, 0) is 16.1 Å². The van der Waals surface area contributed by atoms with Crippen LogP contribution in [0, 0.1) is 5.41 Å². The number of rotatable bonds is 2. The number of carbonyl (C=O) groups excluding carboxylic acids is 3. The zero-order valence-corrected chi connectivity index (χ0v) is 15.7. The van der Waals surface area contributed by atoms with E-state index in [4.69, 9.17) is 0 Å². The van der Waals surface area contributed by atoms with E-state index in [-0.39, 0.29) is 36.4 Å². The Kier molecular flexibility index (Phi) is 3.94. The summed E-state index contributed by atoms with van der Waals surface area (Å²) in [4.78, 5) is 50.9. The van der Waals surface area contributed by atoms with Crippen LogP contribution in [0.5, 0.6) is 0 Å². The van der Waals surface area contributed by atoms with Crippen molar-refractivity contribution in [2.24, 2.45) is 5.41 Å². The maximum Gasteiger partial charge on any atom is 0.256 e. The highest BCUT2D eigenvalue weighted by Crippen LogP contribution is 2.53. The van der Waals surface area contributed by atoms with Crippen molar-refractivity contribution in [3.05, 3.63) is 33.7 Å². The molecule has 3 aliphatic heterocycles. The quantitative estimate of drug-likeness (QED) is 0.715. The number of nitrogens with one attached hydrogen (secondary N) is 2. The molecule has 8 heteroatoms. The molecule has 3 amide bonds. The maximum absolute atomic E-state index is 13.1. The number of pyridine rings is 1. The van der Waals surface area contributed by atoms with Gasteiger partial charge in [-0.1, -0.05) is 0 Å². The summed E-state index contributed by atoms with van der Waals surface area (Å²) in [5.41, 5.74) is 1.11. The van der Waals surface area contributed by atoms with Crippen LogP contribution in [0.25, 0.3) is 0 Å².